The molecule has 2 aromatic rings. The van der Waals surface area contributed by atoms with Gasteiger partial charge in [0.15, 0.2) is 5.65 Å². The van der Waals surface area contributed by atoms with Gasteiger partial charge in [0.1, 0.15) is 11.3 Å². The molecule has 102 valence electrons. The minimum atomic E-state index is 0.560. The molecular weight excluding hydrogens is 283 g/mol. The van der Waals surface area contributed by atoms with E-state index in [0.717, 1.165) is 36.5 Å². The molecule has 6 heteroatoms. The van der Waals surface area contributed by atoms with E-state index in [4.69, 9.17) is 23.2 Å². The zero-order valence-corrected chi connectivity index (χ0v) is 12.2. The molecule has 0 amide bonds. The van der Waals surface area contributed by atoms with Crippen LogP contribution in [0.3, 0.4) is 0 Å². The molecule has 0 radical (unpaired) electrons. The monoisotopic (exact) mass is 298 g/mol. The number of imidazole rings is 1. The minimum Gasteiger partial charge on any atom is -0.310 e. The maximum absolute atomic E-state index is 5.99. The minimum absolute atomic E-state index is 0.560. The lowest BCUT2D eigenvalue weighted by Crippen LogP contribution is -2.40. The van der Waals surface area contributed by atoms with E-state index < -0.39 is 0 Å². The van der Waals surface area contributed by atoms with Crippen LogP contribution in [0.1, 0.15) is 25.1 Å². The molecule has 3 rings (SSSR count). The van der Waals surface area contributed by atoms with Gasteiger partial charge >= 0.3 is 0 Å². The van der Waals surface area contributed by atoms with Crippen molar-refractivity contribution in [2.45, 2.75) is 25.7 Å². The first-order valence-electron chi connectivity index (χ1n) is 6.63. The number of aromatic nitrogens is 3. The van der Waals surface area contributed by atoms with Gasteiger partial charge in [-0.3, -0.25) is 0 Å². The second kappa shape index (κ2) is 5.55. The Morgan fingerprint density at radius 1 is 1.21 bits per heavy atom. The van der Waals surface area contributed by atoms with Crippen LogP contribution in [0, 0.1) is 0 Å². The van der Waals surface area contributed by atoms with Crippen LogP contribution < -0.4 is 5.01 Å². The van der Waals surface area contributed by atoms with Gasteiger partial charge < -0.3 is 5.01 Å². The number of alkyl halides is 1. The van der Waals surface area contributed by atoms with Gasteiger partial charge in [0.25, 0.3) is 0 Å². The number of hydrogen-bond acceptors (Lipinski definition) is 3. The number of piperidine rings is 1. The number of pyridine rings is 1. The third kappa shape index (κ3) is 2.51. The summed E-state index contributed by atoms with van der Waals surface area (Å²) in [5, 5.41) is 2.94. The van der Waals surface area contributed by atoms with E-state index in [1.165, 1.54) is 19.3 Å². The SMILES string of the molecule is ClCCc1nc2cc(Cl)cnc2n1N1CCCCC1. The lowest BCUT2D eigenvalue weighted by molar-refractivity contribution is 0.474. The zero-order valence-electron chi connectivity index (χ0n) is 10.6. The Morgan fingerprint density at radius 2 is 2.00 bits per heavy atom. The second-order valence-corrected chi connectivity index (χ2v) is 5.60. The highest BCUT2D eigenvalue weighted by Crippen LogP contribution is 2.21. The molecule has 19 heavy (non-hydrogen) atoms. The first kappa shape index (κ1) is 13.0. The number of fused-ring (bicyclic) bond motifs is 1. The maximum atomic E-state index is 5.99. The fraction of sp³-hybridized carbons (Fsp3) is 0.538. The van der Waals surface area contributed by atoms with Gasteiger partial charge in [-0.15, -0.1) is 11.6 Å². The summed E-state index contributed by atoms with van der Waals surface area (Å²) >= 11 is 11.9. The van der Waals surface area contributed by atoms with Crippen LogP contribution in [-0.4, -0.2) is 33.6 Å². The van der Waals surface area contributed by atoms with Crippen molar-refractivity contribution in [3.05, 3.63) is 23.1 Å². The molecule has 4 nitrogen and oxygen atoms in total. The van der Waals surface area contributed by atoms with Crippen LogP contribution in [0.15, 0.2) is 12.3 Å². The van der Waals surface area contributed by atoms with E-state index in [1.54, 1.807) is 6.20 Å². The Labute approximate surface area is 122 Å². The number of nitrogens with zero attached hydrogens (tertiary/aromatic N) is 4. The van der Waals surface area contributed by atoms with Crippen LogP contribution in [-0.2, 0) is 6.42 Å². The molecule has 1 aliphatic heterocycles. The van der Waals surface area contributed by atoms with Crippen molar-refractivity contribution in [1.82, 2.24) is 14.6 Å². The molecule has 0 unspecified atom stereocenters. The predicted octanol–water partition coefficient (Wildman–Crippen LogP) is 2.99. The smallest absolute Gasteiger partial charge is 0.179 e. The van der Waals surface area contributed by atoms with Crippen LogP contribution in [0.25, 0.3) is 11.2 Å². The fourth-order valence-corrected chi connectivity index (χ4v) is 2.92. The summed E-state index contributed by atoms with van der Waals surface area (Å²) in [6.45, 7) is 2.09. The van der Waals surface area contributed by atoms with Crippen LogP contribution in [0.4, 0.5) is 0 Å². The van der Waals surface area contributed by atoms with Crippen molar-refractivity contribution in [3.8, 4) is 0 Å². The lowest BCUT2D eigenvalue weighted by Gasteiger charge is -2.30. The summed E-state index contributed by atoms with van der Waals surface area (Å²) in [7, 11) is 0. The predicted molar refractivity (Wildman–Crippen MR) is 78.8 cm³/mol. The average molecular weight is 299 g/mol. The second-order valence-electron chi connectivity index (χ2n) is 4.79. The van der Waals surface area contributed by atoms with Gasteiger partial charge in [-0.25, -0.2) is 14.6 Å². The summed E-state index contributed by atoms with van der Waals surface area (Å²) in [6.07, 6.45) is 6.15. The van der Waals surface area contributed by atoms with E-state index in [9.17, 15) is 0 Å². The molecule has 0 atom stereocenters. The Morgan fingerprint density at radius 3 is 2.74 bits per heavy atom. The molecular formula is C13H16Cl2N4. The van der Waals surface area contributed by atoms with Gasteiger partial charge in [0.2, 0.25) is 0 Å². The maximum Gasteiger partial charge on any atom is 0.179 e. The Kier molecular flexibility index (Phi) is 3.80. The highest BCUT2D eigenvalue weighted by Gasteiger charge is 2.19. The van der Waals surface area contributed by atoms with Gasteiger partial charge in [0.05, 0.1) is 5.02 Å². The number of halogens is 2. The van der Waals surface area contributed by atoms with Crippen molar-refractivity contribution in [3.63, 3.8) is 0 Å². The molecule has 1 saturated heterocycles. The molecule has 0 N–H and O–H groups in total. The first-order chi connectivity index (χ1) is 9.29. The van der Waals surface area contributed by atoms with Crippen molar-refractivity contribution in [2.75, 3.05) is 24.0 Å². The van der Waals surface area contributed by atoms with Crippen LogP contribution in [0.5, 0.6) is 0 Å². The van der Waals surface area contributed by atoms with E-state index >= 15 is 0 Å². The average Bonchev–Trinajstić information content (AvgIpc) is 2.77. The summed E-state index contributed by atoms with van der Waals surface area (Å²) in [4.78, 5) is 9.07. The molecule has 1 fully saturated rings. The van der Waals surface area contributed by atoms with E-state index in [1.807, 2.05) is 6.07 Å². The van der Waals surface area contributed by atoms with Gasteiger partial charge in [-0.2, -0.15) is 0 Å². The lowest BCUT2D eigenvalue weighted by atomic mass is 10.2. The Hall–Kier alpha value is -1.00. The molecule has 0 spiro atoms. The van der Waals surface area contributed by atoms with Gasteiger partial charge in [-0.1, -0.05) is 11.6 Å². The third-order valence-corrected chi connectivity index (χ3v) is 3.84. The largest absolute Gasteiger partial charge is 0.310 e. The summed E-state index contributed by atoms with van der Waals surface area (Å²) in [5.74, 6) is 1.53. The summed E-state index contributed by atoms with van der Waals surface area (Å²) in [6, 6.07) is 1.86. The van der Waals surface area contributed by atoms with Crippen molar-refractivity contribution >= 4 is 34.4 Å². The standard InChI is InChI=1S/C13H16Cl2N4/c14-5-4-12-17-11-8-10(15)9-16-13(11)19(12)18-6-2-1-3-7-18/h8-9H,1-7H2. The normalized spacial score (nSPS) is 16.2. The van der Waals surface area contributed by atoms with E-state index in [-0.39, 0.29) is 0 Å². The fourth-order valence-electron chi connectivity index (χ4n) is 2.60. The van der Waals surface area contributed by atoms with Crippen molar-refractivity contribution < 1.29 is 0 Å². The Balaban J connectivity index is 2.09. The topological polar surface area (TPSA) is 34.0 Å². The zero-order chi connectivity index (χ0) is 13.2. The molecule has 0 aromatic carbocycles. The molecule has 0 saturated carbocycles. The summed E-state index contributed by atoms with van der Waals surface area (Å²) < 4.78 is 2.13. The van der Waals surface area contributed by atoms with Crippen molar-refractivity contribution in [2.24, 2.45) is 0 Å². The van der Waals surface area contributed by atoms with Crippen LogP contribution in [0.2, 0.25) is 5.02 Å². The summed E-state index contributed by atoms with van der Waals surface area (Å²) in [5.41, 5.74) is 1.73. The highest BCUT2D eigenvalue weighted by atomic mass is 35.5. The van der Waals surface area contributed by atoms with E-state index in [2.05, 4.69) is 19.7 Å². The van der Waals surface area contributed by atoms with Crippen molar-refractivity contribution in [1.29, 1.82) is 0 Å². The quantitative estimate of drug-likeness (QED) is 0.817. The first-order valence-corrected chi connectivity index (χ1v) is 7.55. The Bertz CT molecular complexity index is 575. The number of hydrogen-bond donors (Lipinski definition) is 0. The van der Waals surface area contributed by atoms with Gasteiger partial charge in [0, 0.05) is 31.6 Å². The highest BCUT2D eigenvalue weighted by molar-refractivity contribution is 6.31. The molecule has 0 bridgehead atoms. The van der Waals surface area contributed by atoms with Crippen LogP contribution >= 0.6 is 23.2 Å². The third-order valence-electron chi connectivity index (χ3n) is 3.44. The molecule has 3 heterocycles. The van der Waals surface area contributed by atoms with E-state index in [0.29, 0.717) is 10.9 Å². The molecule has 0 aliphatic carbocycles. The molecule has 1 aliphatic rings. The molecule has 2 aromatic heterocycles. The van der Waals surface area contributed by atoms with Gasteiger partial charge in [-0.05, 0) is 25.3 Å². The number of rotatable bonds is 3. The number of aryl methyl sites for hydroxylation is 1.